The van der Waals surface area contributed by atoms with Crippen LogP contribution in [0, 0.1) is 5.41 Å². The first kappa shape index (κ1) is 14.4. The summed E-state index contributed by atoms with van der Waals surface area (Å²) in [6, 6.07) is 8.15. The van der Waals surface area contributed by atoms with E-state index in [1.165, 1.54) is 37.8 Å². The lowest BCUT2D eigenvalue weighted by Gasteiger charge is -2.19. The normalized spacial score (nSPS) is 18.2. The molecule has 1 aliphatic rings. The summed E-state index contributed by atoms with van der Waals surface area (Å²) in [6.07, 6.45) is 7.76. The van der Waals surface area contributed by atoms with Crippen LogP contribution in [0.25, 0.3) is 0 Å². The van der Waals surface area contributed by atoms with E-state index in [0.29, 0.717) is 17.2 Å². The van der Waals surface area contributed by atoms with Crippen LogP contribution in [0.15, 0.2) is 24.3 Å². The number of hydrogen-bond acceptors (Lipinski definition) is 2. The van der Waals surface area contributed by atoms with E-state index >= 15 is 0 Å². The first-order valence-electron chi connectivity index (χ1n) is 7.65. The second kappa shape index (κ2) is 6.42. The maximum absolute atomic E-state index is 9.25. The van der Waals surface area contributed by atoms with Crippen molar-refractivity contribution < 1.29 is 5.11 Å². The molecule has 0 bridgehead atoms. The average Bonchev–Trinajstić information content (AvgIpc) is 3.17. The highest BCUT2D eigenvalue weighted by Crippen LogP contribution is 2.49. The van der Waals surface area contributed by atoms with E-state index in [1.807, 2.05) is 12.1 Å². The van der Waals surface area contributed by atoms with Gasteiger partial charge in [-0.15, -0.1) is 0 Å². The van der Waals surface area contributed by atoms with Crippen LogP contribution in [0.3, 0.4) is 0 Å². The summed E-state index contributed by atoms with van der Waals surface area (Å²) in [5.41, 5.74) is 1.95. The van der Waals surface area contributed by atoms with Gasteiger partial charge in [-0.3, -0.25) is 0 Å². The van der Waals surface area contributed by atoms with Gasteiger partial charge in [0.15, 0.2) is 0 Å². The average molecular weight is 261 g/mol. The Morgan fingerprint density at radius 1 is 1.26 bits per heavy atom. The van der Waals surface area contributed by atoms with Gasteiger partial charge in [0.1, 0.15) is 5.75 Å². The van der Waals surface area contributed by atoms with Gasteiger partial charge in [0.05, 0.1) is 0 Å². The molecule has 1 atom stereocenters. The zero-order chi connectivity index (χ0) is 13.7. The third kappa shape index (κ3) is 4.54. The lowest BCUT2D eigenvalue weighted by Crippen LogP contribution is -2.32. The second-order valence-electron chi connectivity index (χ2n) is 6.24. The Labute approximate surface area is 117 Å². The Balaban J connectivity index is 1.67. The molecule has 1 fully saturated rings. The maximum atomic E-state index is 9.25. The first-order chi connectivity index (χ1) is 9.13. The number of aromatic hydroxyl groups is 1. The van der Waals surface area contributed by atoms with Crippen LogP contribution >= 0.6 is 0 Å². The van der Waals surface area contributed by atoms with Gasteiger partial charge < -0.3 is 10.4 Å². The Kier molecular flexibility index (Phi) is 4.87. The second-order valence-corrected chi connectivity index (χ2v) is 6.24. The number of hydrogen-bond donors (Lipinski definition) is 2. The topological polar surface area (TPSA) is 32.3 Å². The van der Waals surface area contributed by atoms with E-state index in [-0.39, 0.29) is 0 Å². The van der Waals surface area contributed by atoms with Gasteiger partial charge in [-0.1, -0.05) is 25.5 Å². The summed E-state index contributed by atoms with van der Waals surface area (Å²) in [4.78, 5) is 0. The van der Waals surface area contributed by atoms with Gasteiger partial charge in [0.25, 0.3) is 0 Å². The smallest absolute Gasteiger partial charge is 0.115 e. The molecule has 2 rings (SSSR count). The zero-order valence-corrected chi connectivity index (χ0v) is 12.3. The standard InChI is InChI=1S/C17H27NO/c1-3-10-17(11-12-17)13-18-14(2)4-5-15-6-8-16(19)9-7-15/h6-9,14,18-19H,3-5,10-13H2,1-2H3. The van der Waals surface area contributed by atoms with E-state index in [1.54, 1.807) is 12.1 Å². The van der Waals surface area contributed by atoms with Crippen LogP contribution < -0.4 is 5.32 Å². The summed E-state index contributed by atoms with van der Waals surface area (Å²) in [6.45, 7) is 5.76. The van der Waals surface area contributed by atoms with Gasteiger partial charge in [-0.05, 0) is 62.1 Å². The quantitative estimate of drug-likeness (QED) is 0.744. The summed E-state index contributed by atoms with van der Waals surface area (Å²) < 4.78 is 0. The molecule has 2 heteroatoms. The van der Waals surface area contributed by atoms with Crippen LogP contribution in [-0.4, -0.2) is 17.7 Å². The Morgan fingerprint density at radius 2 is 1.95 bits per heavy atom. The van der Waals surface area contributed by atoms with E-state index < -0.39 is 0 Å². The fourth-order valence-corrected chi connectivity index (χ4v) is 2.76. The van der Waals surface area contributed by atoms with Crippen molar-refractivity contribution in [1.29, 1.82) is 0 Å². The van der Waals surface area contributed by atoms with Crippen molar-refractivity contribution in [3.8, 4) is 5.75 Å². The largest absolute Gasteiger partial charge is 0.508 e. The SMILES string of the molecule is CCCC1(CNC(C)CCc2ccc(O)cc2)CC1. The molecule has 0 radical (unpaired) electrons. The van der Waals surface area contributed by atoms with Gasteiger partial charge >= 0.3 is 0 Å². The molecule has 1 aromatic rings. The van der Waals surface area contributed by atoms with Crippen LogP contribution in [0.2, 0.25) is 0 Å². The molecule has 2 N–H and O–H groups in total. The van der Waals surface area contributed by atoms with Gasteiger partial charge in [0.2, 0.25) is 0 Å². The minimum Gasteiger partial charge on any atom is -0.508 e. The van der Waals surface area contributed by atoms with Crippen molar-refractivity contribution in [2.75, 3.05) is 6.54 Å². The van der Waals surface area contributed by atoms with Gasteiger partial charge in [0, 0.05) is 12.6 Å². The van der Waals surface area contributed by atoms with Crippen LogP contribution in [0.1, 0.15) is 51.5 Å². The predicted octanol–water partition coefficient (Wildman–Crippen LogP) is 3.88. The van der Waals surface area contributed by atoms with E-state index in [2.05, 4.69) is 19.2 Å². The highest BCUT2D eigenvalue weighted by atomic mass is 16.3. The molecule has 0 aromatic heterocycles. The monoisotopic (exact) mass is 261 g/mol. The van der Waals surface area contributed by atoms with E-state index in [4.69, 9.17) is 0 Å². The van der Waals surface area contributed by atoms with Crippen LogP contribution in [0.5, 0.6) is 5.75 Å². The third-order valence-corrected chi connectivity index (χ3v) is 4.37. The van der Waals surface area contributed by atoms with E-state index in [9.17, 15) is 5.11 Å². The molecule has 1 aliphatic carbocycles. The predicted molar refractivity (Wildman–Crippen MR) is 80.5 cm³/mol. The molecule has 0 saturated heterocycles. The zero-order valence-electron chi connectivity index (χ0n) is 12.3. The van der Waals surface area contributed by atoms with Crippen LogP contribution in [-0.2, 0) is 6.42 Å². The lowest BCUT2D eigenvalue weighted by molar-refractivity contribution is 0.385. The fraction of sp³-hybridized carbons (Fsp3) is 0.647. The first-order valence-corrected chi connectivity index (χ1v) is 7.65. The molecule has 106 valence electrons. The summed E-state index contributed by atoms with van der Waals surface area (Å²) in [7, 11) is 0. The molecule has 1 saturated carbocycles. The fourth-order valence-electron chi connectivity index (χ4n) is 2.76. The van der Waals surface area contributed by atoms with Crippen LogP contribution in [0.4, 0.5) is 0 Å². The van der Waals surface area contributed by atoms with E-state index in [0.717, 1.165) is 12.8 Å². The van der Waals surface area contributed by atoms with Crippen molar-refractivity contribution >= 4 is 0 Å². The molecular weight excluding hydrogens is 234 g/mol. The number of rotatable bonds is 8. The van der Waals surface area contributed by atoms with Gasteiger partial charge in [-0.25, -0.2) is 0 Å². The maximum Gasteiger partial charge on any atom is 0.115 e. The minimum atomic E-state index is 0.352. The van der Waals surface area contributed by atoms with Crippen molar-refractivity contribution in [3.63, 3.8) is 0 Å². The Morgan fingerprint density at radius 3 is 2.53 bits per heavy atom. The summed E-state index contributed by atoms with van der Waals surface area (Å²) in [5.74, 6) is 0.352. The molecule has 0 spiro atoms. The molecule has 0 amide bonds. The molecule has 1 aromatic carbocycles. The van der Waals surface area contributed by atoms with Crippen molar-refractivity contribution in [2.24, 2.45) is 5.41 Å². The lowest BCUT2D eigenvalue weighted by atomic mass is 9.99. The van der Waals surface area contributed by atoms with Crippen molar-refractivity contribution in [1.82, 2.24) is 5.32 Å². The summed E-state index contributed by atoms with van der Waals surface area (Å²) >= 11 is 0. The Bertz CT molecular complexity index is 381. The third-order valence-electron chi connectivity index (χ3n) is 4.37. The molecule has 19 heavy (non-hydrogen) atoms. The minimum absolute atomic E-state index is 0.352. The Hall–Kier alpha value is -1.02. The number of aryl methyl sites for hydroxylation is 1. The molecular formula is C17H27NO. The highest BCUT2D eigenvalue weighted by molar-refractivity contribution is 5.25. The molecule has 0 heterocycles. The van der Waals surface area contributed by atoms with Crippen molar-refractivity contribution in [2.45, 2.75) is 58.4 Å². The number of phenols is 1. The highest BCUT2D eigenvalue weighted by Gasteiger charge is 2.40. The number of phenolic OH excluding ortho intramolecular Hbond substituents is 1. The molecule has 1 unspecified atom stereocenters. The van der Waals surface area contributed by atoms with Gasteiger partial charge in [-0.2, -0.15) is 0 Å². The van der Waals surface area contributed by atoms with Crippen molar-refractivity contribution in [3.05, 3.63) is 29.8 Å². The molecule has 2 nitrogen and oxygen atoms in total. The number of benzene rings is 1. The number of nitrogens with one attached hydrogen (secondary N) is 1. The molecule has 0 aliphatic heterocycles. The summed E-state index contributed by atoms with van der Waals surface area (Å²) in [5, 5.41) is 13.0.